The number of H-pyrrole nitrogens is 1. The van der Waals surface area contributed by atoms with Gasteiger partial charge in [-0.2, -0.15) is 0 Å². The minimum absolute atomic E-state index is 0.217. The van der Waals surface area contributed by atoms with Gasteiger partial charge in [-0.1, -0.05) is 6.42 Å². The number of amides is 1. The lowest BCUT2D eigenvalue weighted by Crippen LogP contribution is -2.63. The van der Waals surface area contributed by atoms with Crippen molar-refractivity contribution in [3.8, 4) is 0 Å². The number of aromatic amines is 1. The van der Waals surface area contributed by atoms with E-state index in [4.69, 9.17) is 5.73 Å². The maximum absolute atomic E-state index is 12.3. The number of nitrogens with zero attached hydrogens (tertiary/aromatic N) is 3. The zero-order valence-corrected chi connectivity index (χ0v) is 15.5. The number of primary amides is 1. The van der Waals surface area contributed by atoms with Gasteiger partial charge >= 0.3 is 5.69 Å². The van der Waals surface area contributed by atoms with E-state index in [9.17, 15) is 14.4 Å². The molecule has 0 atom stereocenters. The zero-order chi connectivity index (χ0) is 18.7. The fraction of sp³-hybridized carbons (Fsp3) is 0.722. The highest BCUT2D eigenvalue weighted by Crippen LogP contribution is 2.31. The van der Waals surface area contributed by atoms with E-state index < -0.39 is 5.54 Å². The standard InChI is InChI=1S/C18H29N5O3/c1-14-13-15(24)23(17(26)20-14)12-11-21-9-5-18(6-10-21,16(19)25)22-7-3-2-4-8-22/h13H,2-12H2,1H3,(H2,19,25)(H,20,26). The number of hydrogen-bond acceptors (Lipinski definition) is 5. The highest BCUT2D eigenvalue weighted by molar-refractivity contribution is 5.84. The molecule has 26 heavy (non-hydrogen) atoms. The van der Waals surface area contributed by atoms with Crippen LogP contribution < -0.4 is 17.0 Å². The minimum atomic E-state index is -0.533. The summed E-state index contributed by atoms with van der Waals surface area (Å²) in [4.78, 5) is 43.3. The molecule has 0 saturated carbocycles. The highest BCUT2D eigenvalue weighted by Gasteiger charge is 2.44. The van der Waals surface area contributed by atoms with Gasteiger partial charge in [-0.3, -0.25) is 19.1 Å². The van der Waals surface area contributed by atoms with Crippen molar-refractivity contribution in [1.29, 1.82) is 0 Å². The van der Waals surface area contributed by atoms with Crippen LogP contribution in [0.1, 0.15) is 37.8 Å². The first-order chi connectivity index (χ1) is 12.4. The second-order valence-electron chi connectivity index (χ2n) is 7.53. The predicted molar refractivity (Wildman–Crippen MR) is 99.1 cm³/mol. The lowest BCUT2D eigenvalue weighted by atomic mass is 9.83. The van der Waals surface area contributed by atoms with Gasteiger partial charge in [0.2, 0.25) is 5.91 Å². The molecule has 8 nitrogen and oxygen atoms in total. The normalized spacial score (nSPS) is 21.6. The van der Waals surface area contributed by atoms with Gasteiger partial charge in [-0.15, -0.1) is 0 Å². The molecule has 2 aliphatic rings. The summed E-state index contributed by atoms with van der Waals surface area (Å²) in [6.45, 7) is 6.04. The molecule has 2 aliphatic heterocycles. The van der Waals surface area contributed by atoms with Gasteiger partial charge in [0.25, 0.3) is 5.56 Å². The van der Waals surface area contributed by atoms with Crippen LogP contribution in [-0.2, 0) is 11.3 Å². The van der Waals surface area contributed by atoms with Gasteiger partial charge in [-0.05, 0) is 45.7 Å². The van der Waals surface area contributed by atoms with Crippen LogP contribution in [0, 0.1) is 6.92 Å². The van der Waals surface area contributed by atoms with Crippen LogP contribution >= 0.6 is 0 Å². The summed E-state index contributed by atoms with van der Waals surface area (Å²) < 4.78 is 1.23. The number of nitrogens with one attached hydrogen (secondary N) is 1. The average molecular weight is 363 g/mol. The Morgan fingerprint density at radius 2 is 1.77 bits per heavy atom. The second-order valence-corrected chi connectivity index (χ2v) is 7.53. The lowest BCUT2D eigenvalue weighted by molar-refractivity contribution is -0.135. The summed E-state index contributed by atoms with van der Waals surface area (Å²) >= 11 is 0. The molecule has 2 fully saturated rings. The van der Waals surface area contributed by atoms with Crippen LogP contribution in [0.25, 0.3) is 0 Å². The SMILES string of the molecule is Cc1cc(=O)n(CCN2CCC(C(N)=O)(N3CCCCC3)CC2)c(=O)[nH]1. The number of carbonyl (C=O) groups is 1. The lowest BCUT2D eigenvalue weighted by Gasteiger charge is -2.48. The first-order valence-corrected chi connectivity index (χ1v) is 9.50. The van der Waals surface area contributed by atoms with Crippen LogP contribution in [0.15, 0.2) is 15.7 Å². The van der Waals surface area contributed by atoms with Crippen LogP contribution in [0.4, 0.5) is 0 Å². The van der Waals surface area contributed by atoms with Gasteiger partial charge in [0.05, 0.1) is 0 Å². The number of carbonyl (C=O) groups excluding carboxylic acids is 1. The van der Waals surface area contributed by atoms with Gasteiger partial charge in [0.15, 0.2) is 0 Å². The van der Waals surface area contributed by atoms with E-state index >= 15 is 0 Å². The van der Waals surface area contributed by atoms with Crippen molar-refractivity contribution in [1.82, 2.24) is 19.4 Å². The molecule has 8 heteroatoms. The van der Waals surface area contributed by atoms with Crippen LogP contribution in [0.5, 0.6) is 0 Å². The van der Waals surface area contributed by atoms with Crippen LogP contribution in [-0.4, -0.2) is 63.5 Å². The Hall–Kier alpha value is -1.93. The molecule has 0 bridgehead atoms. The molecule has 0 spiro atoms. The van der Waals surface area contributed by atoms with Crippen molar-refractivity contribution < 1.29 is 4.79 Å². The minimum Gasteiger partial charge on any atom is -0.368 e. The monoisotopic (exact) mass is 363 g/mol. The Morgan fingerprint density at radius 1 is 1.12 bits per heavy atom. The van der Waals surface area contributed by atoms with E-state index in [2.05, 4.69) is 14.8 Å². The molecule has 144 valence electrons. The van der Waals surface area contributed by atoms with Gasteiger partial charge in [0.1, 0.15) is 5.54 Å². The van der Waals surface area contributed by atoms with Crippen LogP contribution in [0.2, 0.25) is 0 Å². The first-order valence-electron chi connectivity index (χ1n) is 9.50. The Labute approximate surface area is 153 Å². The van der Waals surface area contributed by atoms with E-state index in [1.165, 1.54) is 17.1 Å². The summed E-state index contributed by atoms with van der Waals surface area (Å²) in [6, 6.07) is 1.44. The number of piperidine rings is 2. The number of hydrogen-bond donors (Lipinski definition) is 2. The van der Waals surface area contributed by atoms with E-state index in [1.54, 1.807) is 6.92 Å². The molecular weight excluding hydrogens is 334 g/mol. The molecule has 2 saturated heterocycles. The molecule has 0 unspecified atom stereocenters. The van der Waals surface area contributed by atoms with E-state index in [0.29, 0.717) is 31.6 Å². The van der Waals surface area contributed by atoms with Crippen molar-refractivity contribution >= 4 is 5.91 Å². The summed E-state index contributed by atoms with van der Waals surface area (Å²) in [5.74, 6) is -0.217. The Morgan fingerprint density at radius 3 is 2.35 bits per heavy atom. The quantitative estimate of drug-likeness (QED) is 0.744. The average Bonchev–Trinajstić information content (AvgIpc) is 2.62. The smallest absolute Gasteiger partial charge is 0.328 e. The Balaban J connectivity index is 1.62. The number of aryl methyl sites for hydroxylation is 1. The molecule has 1 aromatic rings. The Kier molecular flexibility index (Phi) is 5.62. The van der Waals surface area contributed by atoms with Crippen molar-refractivity contribution in [3.05, 3.63) is 32.6 Å². The topological polar surface area (TPSA) is 104 Å². The molecule has 1 amide bonds. The van der Waals surface area contributed by atoms with Crippen LogP contribution in [0.3, 0.4) is 0 Å². The fourth-order valence-electron chi connectivity index (χ4n) is 4.28. The first kappa shape index (κ1) is 18.8. The Bertz CT molecular complexity index is 724. The second kappa shape index (κ2) is 7.75. The van der Waals surface area contributed by atoms with E-state index in [1.807, 2.05) is 0 Å². The number of likely N-dealkylation sites (tertiary alicyclic amines) is 2. The molecule has 0 radical (unpaired) electrons. The molecule has 1 aromatic heterocycles. The number of nitrogens with two attached hydrogens (primary N) is 1. The number of rotatable bonds is 5. The number of aromatic nitrogens is 2. The third kappa shape index (κ3) is 3.76. The third-order valence-electron chi connectivity index (χ3n) is 5.90. The van der Waals surface area contributed by atoms with E-state index in [0.717, 1.165) is 39.0 Å². The summed E-state index contributed by atoms with van der Waals surface area (Å²) in [5, 5.41) is 0. The molecule has 3 N–H and O–H groups in total. The van der Waals surface area contributed by atoms with E-state index in [-0.39, 0.29) is 17.2 Å². The van der Waals surface area contributed by atoms with Crippen molar-refractivity contribution in [2.75, 3.05) is 32.7 Å². The predicted octanol–water partition coefficient (Wildman–Crippen LogP) is -0.349. The molecule has 0 aliphatic carbocycles. The maximum atomic E-state index is 12.3. The van der Waals surface area contributed by atoms with Gasteiger partial charge in [0, 0.05) is 37.9 Å². The van der Waals surface area contributed by atoms with Crippen molar-refractivity contribution in [3.63, 3.8) is 0 Å². The summed E-state index contributed by atoms with van der Waals surface area (Å²) in [7, 11) is 0. The molecular formula is C18H29N5O3. The van der Waals surface area contributed by atoms with Gasteiger partial charge in [-0.25, -0.2) is 4.79 Å². The highest BCUT2D eigenvalue weighted by atomic mass is 16.2. The summed E-state index contributed by atoms with van der Waals surface area (Å²) in [5.41, 5.74) is 5.20. The van der Waals surface area contributed by atoms with Crippen molar-refractivity contribution in [2.45, 2.75) is 51.1 Å². The zero-order valence-electron chi connectivity index (χ0n) is 15.5. The fourth-order valence-corrected chi connectivity index (χ4v) is 4.28. The largest absolute Gasteiger partial charge is 0.368 e. The molecule has 3 rings (SSSR count). The molecule has 0 aromatic carbocycles. The molecule has 3 heterocycles. The maximum Gasteiger partial charge on any atom is 0.328 e. The third-order valence-corrected chi connectivity index (χ3v) is 5.90. The van der Waals surface area contributed by atoms with Crippen molar-refractivity contribution in [2.24, 2.45) is 5.73 Å². The van der Waals surface area contributed by atoms with Gasteiger partial charge < -0.3 is 15.6 Å². The summed E-state index contributed by atoms with van der Waals surface area (Å²) in [6.07, 6.45) is 4.88.